The number of sulfonamides is 1. The number of ether oxygens (including phenoxy) is 1. The van der Waals surface area contributed by atoms with Crippen LogP contribution in [0.3, 0.4) is 0 Å². The average Bonchev–Trinajstić information content (AvgIpc) is 3.35. The van der Waals surface area contributed by atoms with Crippen LogP contribution in [0.1, 0.15) is 19.3 Å². The number of carbonyl (C=O) groups is 2. The molecule has 0 radical (unpaired) electrons. The summed E-state index contributed by atoms with van der Waals surface area (Å²) in [7, 11) is -4.03. The lowest BCUT2D eigenvalue weighted by molar-refractivity contribution is -0.122. The summed E-state index contributed by atoms with van der Waals surface area (Å²) >= 11 is 6.64. The third-order valence-electron chi connectivity index (χ3n) is 5.38. The van der Waals surface area contributed by atoms with Gasteiger partial charge in [-0.2, -0.15) is 4.31 Å². The van der Waals surface area contributed by atoms with E-state index in [0.29, 0.717) is 18.7 Å². The van der Waals surface area contributed by atoms with Crippen LogP contribution in [0.25, 0.3) is 0 Å². The maximum absolute atomic E-state index is 13.5. The molecule has 0 spiro atoms. The van der Waals surface area contributed by atoms with Gasteiger partial charge < -0.3 is 4.74 Å². The van der Waals surface area contributed by atoms with E-state index in [1.54, 1.807) is 36.4 Å². The van der Waals surface area contributed by atoms with Crippen molar-refractivity contribution < 1.29 is 22.7 Å². The third kappa shape index (κ3) is 4.63. The Morgan fingerprint density at radius 3 is 2.19 bits per heavy atom. The van der Waals surface area contributed by atoms with E-state index in [0.717, 1.165) is 24.6 Å². The molecule has 10 heteroatoms. The monoisotopic (exact) mass is 570 g/mol. The van der Waals surface area contributed by atoms with Crippen molar-refractivity contribution in [3.05, 3.63) is 57.5 Å². The minimum atomic E-state index is -4.03. The normalized spacial score (nSPS) is 22.0. The molecule has 0 saturated carbocycles. The molecule has 2 fully saturated rings. The molecule has 2 unspecified atom stereocenters. The Labute approximate surface area is 197 Å². The topological polar surface area (TPSA) is 84.0 Å². The Hall–Kier alpha value is -1.59. The van der Waals surface area contributed by atoms with Crippen molar-refractivity contribution in [3.8, 4) is 0 Å². The molecule has 4 rings (SSSR count). The van der Waals surface area contributed by atoms with Crippen LogP contribution in [0.5, 0.6) is 0 Å². The summed E-state index contributed by atoms with van der Waals surface area (Å²) in [6.07, 6.45) is 1.02. The van der Waals surface area contributed by atoms with E-state index >= 15 is 0 Å². The molecule has 2 aliphatic heterocycles. The molecule has 2 saturated heterocycles. The predicted octanol–water partition coefficient (Wildman–Crippen LogP) is 3.71. The SMILES string of the molecule is O=C1CC(N(CC2CCCO2)S(=O)(=O)c2ccc(Br)cc2)C(=O)N1c1ccc(Br)cc1. The highest BCUT2D eigenvalue weighted by atomic mass is 79.9. The Morgan fingerprint density at radius 2 is 1.61 bits per heavy atom. The molecule has 0 aliphatic carbocycles. The fourth-order valence-electron chi connectivity index (χ4n) is 3.83. The Balaban J connectivity index is 1.69. The predicted molar refractivity (Wildman–Crippen MR) is 122 cm³/mol. The van der Waals surface area contributed by atoms with E-state index in [2.05, 4.69) is 31.9 Å². The van der Waals surface area contributed by atoms with E-state index in [1.807, 2.05) is 0 Å². The standard InChI is InChI=1S/C21H20Br2N2O5S/c22-14-3-7-16(8-4-14)25-20(26)12-19(21(25)27)24(13-17-2-1-11-30-17)31(28,29)18-9-5-15(23)6-10-18/h3-10,17,19H,1-2,11-13H2. The first-order valence-electron chi connectivity index (χ1n) is 9.79. The van der Waals surface area contributed by atoms with Gasteiger partial charge in [-0.1, -0.05) is 31.9 Å². The number of rotatable bonds is 6. The zero-order valence-electron chi connectivity index (χ0n) is 16.4. The number of hydrogen-bond acceptors (Lipinski definition) is 5. The molecule has 164 valence electrons. The van der Waals surface area contributed by atoms with Crippen molar-refractivity contribution >= 4 is 59.4 Å². The molecule has 0 aromatic heterocycles. The second kappa shape index (κ2) is 9.11. The summed E-state index contributed by atoms with van der Waals surface area (Å²) in [5.74, 6) is -0.980. The van der Waals surface area contributed by atoms with Crippen molar-refractivity contribution in [3.63, 3.8) is 0 Å². The summed E-state index contributed by atoms with van der Waals surface area (Å²) in [4.78, 5) is 27.2. The largest absolute Gasteiger partial charge is 0.377 e. The number of nitrogens with zero attached hydrogens (tertiary/aromatic N) is 2. The highest BCUT2D eigenvalue weighted by molar-refractivity contribution is 9.10. The van der Waals surface area contributed by atoms with E-state index in [-0.39, 0.29) is 24.0 Å². The number of halogens is 2. The van der Waals surface area contributed by atoms with Crippen LogP contribution < -0.4 is 4.90 Å². The fraction of sp³-hybridized carbons (Fsp3) is 0.333. The highest BCUT2D eigenvalue weighted by Gasteiger charge is 2.47. The minimum Gasteiger partial charge on any atom is -0.377 e. The Morgan fingerprint density at radius 1 is 1.00 bits per heavy atom. The van der Waals surface area contributed by atoms with Crippen LogP contribution in [0.15, 0.2) is 62.4 Å². The minimum absolute atomic E-state index is 0.0241. The van der Waals surface area contributed by atoms with Gasteiger partial charge in [-0.25, -0.2) is 13.3 Å². The smallest absolute Gasteiger partial charge is 0.252 e. The average molecular weight is 572 g/mol. The van der Waals surface area contributed by atoms with Gasteiger partial charge in [0.05, 0.1) is 23.1 Å². The van der Waals surface area contributed by atoms with Crippen LogP contribution >= 0.6 is 31.9 Å². The molecule has 0 N–H and O–H groups in total. The van der Waals surface area contributed by atoms with Crippen LogP contribution in [0.2, 0.25) is 0 Å². The van der Waals surface area contributed by atoms with E-state index in [9.17, 15) is 18.0 Å². The lowest BCUT2D eigenvalue weighted by Gasteiger charge is -2.29. The Kier molecular flexibility index (Phi) is 6.64. The maximum Gasteiger partial charge on any atom is 0.252 e. The third-order valence-corrected chi connectivity index (χ3v) is 8.33. The van der Waals surface area contributed by atoms with Crippen LogP contribution in [-0.2, 0) is 24.3 Å². The van der Waals surface area contributed by atoms with Gasteiger partial charge in [0, 0.05) is 22.1 Å². The van der Waals surface area contributed by atoms with Crippen LogP contribution in [0.4, 0.5) is 5.69 Å². The summed E-state index contributed by atoms with van der Waals surface area (Å²) < 4.78 is 35.4. The molecule has 2 aliphatic rings. The quantitative estimate of drug-likeness (QED) is 0.494. The van der Waals surface area contributed by atoms with Gasteiger partial charge in [-0.05, 0) is 61.4 Å². The molecule has 31 heavy (non-hydrogen) atoms. The lowest BCUT2D eigenvalue weighted by atomic mass is 10.2. The van der Waals surface area contributed by atoms with Gasteiger partial charge in [0.1, 0.15) is 6.04 Å². The maximum atomic E-state index is 13.5. The molecule has 2 heterocycles. The van der Waals surface area contributed by atoms with Gasteiger partial charge in [0.2, 0.25) is 15.9 Å². The summed E-state index contributed by atoms with van der Waals surface area (Å²) in [5.41, 5.74) is 0.416. The molecular formula is C21H20Br2N2O5S. The van der Waals surface area contributed by atoms with Gasteiger partial charge in [0.15, 0.2) is 0 Å². The first-order chi connectivity index (χ1) is 14.8. The first kappa shape index (κ1) is 22.6. The number of carbonyl (C=O) groups excluding carboxylic acids is 2. The van der Waals surface area contributed by atoms with Crippen LogP contribution in [0, 0.1) is 0 Å². The second-order valence-corrected chi connectivity index (χ2v) is 11.1. The Bertz CT molecular complexity index is 1080. The molecule has 2 atom stereocenters. The number of anilines is 1. The van der Waals surface area contributed by atoms with Crippen molar-refractivity contribution in [2.75, 3.05) is 18.1 Å². The lowest BCUT2D eigenvalue weighted by Crippen LogP contribution is -2.48. The fourth-order valence-corrected chi connectivity index (χ4v) is 5.97. The summed E-state index contributed by atoms with van der Waals surface area (Å²) in [6, 6.07) is 11.9. The molecule has 0 bridgehead atoms. The van der Waals surface area contributed by atoms with E-state index < -0.39 is 27.9 Å². The van der Waals surface area contributed by atoms with E-state index in [4.69, 9.17) is 4.74 Å². The summed E-state index contributed by atoms with van der Waals surface area (Å²) in [6.45, 7) is 0.579. The van der Waals surface area contributed by atoms with Crippen molar-refractivity contribution in [1.29, 1.82) is 0 Å². The second-order valence-electron chi connectivity index (χ2n) is 7.43. The highest BCUT2D eigenvalue weighted by Crippen LogP contribution is 2.31. The van der Waals surface area contributed by atoms with Gasteiger partial charge >= 0.3 is 0 Å². The molecular weight excluding hydrogens is 552 g/mol. The van der Waals surface area contributed by atoms with Crippen molar-refractivity contribution in [2.45, 2.75) is 36.3 Å². The summed E-state index contributed by atoms with van der Waals surface area (Å²) in [5, 5.41) is 0. The number of amides is 2. The van der Waals surface area contributed by atoms with Gasteiger partial charge in [-0.3, -0.25) is 9.59 Å². The number of benzene rings is 2. The zero-order chi connectivity index (χ0) is 22.2. The number of hydrogen-bond donors (Lipinski definition) is 0. The zero-order valence-corrected chi connectivity index (χ0v) is 20.4. The van der Waals surface area contributed by atoms with Gasteiger partial charge in [-0.15, -0.1) is 0 Å². The van der Waals surface area contributed by atoms with Crippen molar-refractivity contribution in [2.24, 2.45) is 0 Å². The molecule has 7 nitrogen and oxygen atoms in total. The molecule has 2 aromatic rings. The first-order valence-corrected chi connectivity index (χ1v) is 12.8. The molecule has 2 amide bonds. The van der Waals surface area contributed by atoms with Crippen molar-refractivity contribution in [1.82, 2.24) is 4.31 Å². The van der Waals surface area contributed by atoms with E-state index in [1.165, 1.54) is 12.1 Å². The van der Waals surface area contributed by atoms with Crippen LogP contribution in [-0.4, -0.2) is 49.8 Å². The van der Waals surface area contributed by atoms with Gasteiger partial charge in [0.25, 0.3) is 5.91 Å². The number of imide groups is 1. The molecule has 2 aromatic carbocycles.